The van der Waals surface area contributed by atoms with Crippen molar-refractivity contribution in [3.63, 3.8) is 0 Å². The molecule has 2 nitrogen and oxygen atoms in total. The van der Waals surface area contributed by atoms with Gasteiger partial charge in [-0.2, -0.15) is 0 Å². The first-order chi connectivity index (χ1) is 9.27. The number of aryl methyl sites for hydroxylation is 1. The van der Waals surface area contributed by atoms with Crippen LogP contribution >= 0.6 is 0 Å². The molecule has 0 saturated heterocycles. The number of aromatic nitrogens is 1. The van der Waals surface area contributed by atoms with Crippen molar-refractivity contribution in [1.29, 1.82) is 0 Å². The summed E-state index contributed by atoms with van der Waals surface area (Å²) in [6.07, 6.45) is 1.13. The van der Waals surface area contributed by atoms with Gasteiger partial charge in [-0.1, -0.05) is 30.3 Å². The molecule has 3 aromatic rings. The van der Waals surface area contributed by atoms with E-state index in [1.165, 1.54) is 32.9 Å². The Kier molecular flexibility index (Phi) is 2.24. The molecule has 2 heterocycles. The van der Waals surface area contributed by atoms with E-state index < -0.39 is 0 Å². The Morgan fingerprint density at radius 2 is 1.95 bits per heavy atom. The summed E-state index contributed by atoms with van der Waals surface area (Å²) >= 11 is 0. The van der Waals surface area contributed by atoms with E-state index in [1.54, 1.807) is 0 Å². The first-order valence-electron chi connectivity index (χ1n) is 6.99. The van der Waals surface area contributed by atoms with Gasteiger partial charge in [-0.25, -0.2) is 0 Å². The van der Waals surface area contributed by atoms with E-state index in [0.717, 1.165) is 13.0 Å². The van der Waals surface area contributed by atoms with Crippen molar-refractivity contribution in [1.82, 2.24) is 9.88 Å². The highest BCUT2D eigenvalue weighted by Gasteiger charge is 2.20. The molecule has 0 amide bonds. The fourth-order valence-corrected chi connectivity index (χ4v) is 3.56. The van der Waals surface area contributed by atoms with Crippen LogP contribution in [0.4, 0.5) is 0 Å². The third kappa shape index (κ3) is 1.41. The highest BCUT2D eigenvalue weighted by molar-refractivity contribution is 6.09. The topological polar surface area (TPSA) is 17.0 Å². The lowest BCUT2D eigenvalue weighted by Gasteiger charge is -2.25. The van der Waals surface area contributed by atoms with Gasteiger partial charge in [-0.05, 0) is 37.1 Å². The second-order valence-electron chi connectivity index (χ2n) is 5.53. The third-order valence-corrected chi connectivity index (χ3v) is 4.50. The van der Waals surface area contributed by atoms with Crippen molar-refractivity contribution in [3.8, 4) is 0 Å². The number of hydrogen-bond acceptors (Lipinski definition) is 1. The molecule has 2 heteroatoms. The lowest BCUT2D eigenvalue weighted by molar-refractivity contribution is 0.542. The van der Waals surface area contributed by atoms with Gasteiger partial charge >= 0.3 is 0 Å². The molecule has 0 fully saturated rings. The van der Waals surface area contributed by atoms with E-state index in [9.17, 15) is 0 Å². The standard InChI is InChI=1S/C17H18N2/c1-11-12-7-8-14-13-5-3-4-6-16(13)19(2)17(14)15(12)9-10-18-11/h3-8,11,18H,9-10H2,1-2H3/t11-/m0/s1. The van der Waals surface area contributed by atoms with Crippen LogP contribution in [0.3, 0.4) is 0 Å². The number of nitrogens with one attached hydrogen (secondary N) is 1. The van der Waals surface area contributed by atoms with E-state index in [-0.39, 0.29) is 0 Å². The second-order valence-corrected chi connectivity index (χ2v) is 5.53. The molecule has 1 aliphatic heterocycles. The Bertz CT molecular complexity index is 783. The maximum Gasteiger partial charge on any atom is 0.0525 e. The Hall–Kier alpha value is -1.80. The van der Waals surface area contributed by atoms with Gasteiger partial charge in [-0.3, -0.25) is 0 Å². The smallest absolute Gasteiger partial charge is 0.0525 e. The fourth-order valence-electron chi connectivity index (χ4n) is 3.56. The fraction of sp³-hybridized carbons (Fsp3) is 0.294. The summed E-state index contributed by atoms with van der Waals surface area (Å²) in [4.78, 5) is 0. The lowest BCUT2D eigenvalue weighted by Crippen LogP contribution is -2.28. The minimum Gasteiger partial charge on any atom is -0.343 e. The van der Waals surface area contributed by atoms with Gasteiger partial charge in [0.1, 0.15) is 0 Å². The summed E-state index contributed by atoms with van der Waals surface area (Å²) in [6, 6.07) is 13.8. The summed E-state index contributed by atoms with van der Waals surface area (Å²) in [7, 11) is 2.19. The van der Waals surface area contributed by atoms with Crippen molar-refractivity contribution >= 4 is 21.8 Å². The van der Waals surface area contributed by atoms with Gasteiger partial charge < -0.3 is 9.88 Å². The Morgan fingerprint density at radius 3 is 2.84 bits per heavy atom. The van der Waals surface area contributed by atoms with Gasteiger partial charge in [-0.15, -0.1) is 0 Å². The van der Waals surface area contributed by atoms with E-state index in [0.29, 0.717) is 6.04 Å². The van der Waals surface area contributed by atoms with Crippen molar-refractivity contribution < 1.29 is 0 Å². The van der Waals surface area contributed by atoms with Gasteiger partial charge in [0.2, 0.25) is 0 Å². The zero-order valence-electron chi connectivity index (χ0n) is 11.4. The average molecular weight is 250 g/mol. The molecule has 0 saturated carbocycles. The van der Waals surface area contributed by atoms with Crippen LogP contribution < -0.4 is 5.32 Å². The number of rotatable bonds is 0. The molecule has 0 unspecified atom stereocenters. The van der Waals surface area contributed by atoms with Crippen LogP contribution in [-0.2, 0) is 13.5 Å². The number of nitrogens with zero attached hydrogens (tertiary/aromatic N) is 1. The lowest BCUT2D eigenvalue weighted by atomic mass is 9.93. The molecule has 96 valence electrons. The summed E-state index contributed by atoms with van der Waals surface area (Å²) in [5.74, 6) is 0. The van der Waals surface area contributed by atoms with Crippen LogP contribution in [0.1, 0.15) is 24.1 Å². The maximum absolute atomic E-state index is 3.55. The third-order valence-electron chi connectivity index (χ3n) is 4.50. The Morgan fingerprint density at radius 1 is 1.11 bits per heavy atom. The summed E-state index contributed by atoms with van der Waals surface area (Å²) < 4.78 is 2.36. The first kappa shape index (κ1) is 11.1. The molecule has 0 bridgehead atoms. The Labute approximate surface area is 113 Å². The first-order valence-corrected chi connectivity index (χ1v) is 6.99. The largest absolute Gasteiger partial charge is 0.343 e. The molecular weight excluding hydrogens is 232 g/mol. The zero-order valence-corrected chi connectivity index (χ0v) is 11.4. The number of fused-ring (bicyclic) bond motifs is 5. The zero-order chi connectivity index (χ0) is 13.0. The number of benzene rings is 2. The molecular formula is C17H18N2. The number of para-hydroxylation sites is 1. The Balaban J connectivity index is 2.20. The predicted octanol–water partition coefficient (Wildman–Crippen LogP) is 3.54. The van der Waals surface area contributed by atoms with E-state index >= 15 is 0 Å². The molecule has 4 rings (SSSR count). The van der Waals surface area contributed by atoms with Crippen molar-refractivity contribution in [2.24, 2.45) is 7.05 Å². The predicted molar refractivity (Wildman–Crippen MR) is 80.5 cm³/mol. The van der Waals surface area contributed by atoms with Crippen molar-refractivity contribution in [3.05, 3.63) is 47.5 Å². The van der Waals surface area contributed by atoms with Gasteiger partial charge in [0.25, 0.3) is 0 Å². The molecule has 0 aliphatic carbocycles. The summed E-state index contributed by atoms with van der Waals surface area (Å²) in [6.45, 7) is 3.33. The SMILES string of the molecule is C[C@@H]1NCCc2c1ccc1c3ccccc3n(C)c21. The minimum absolute atomic E-state index is 0.464. The molecule has 1 atom stereocenters. The van der Waals surface area contributed by atoms with E-state index in [2.05, 4.69) is 60.3 Å². The maximum atomic E-state index is 3.55. The molecule has 19 heavy (non-hydrogen) atoms. The van der Waals surface area contributed by atoms with E-state index in [1.807, 2.05) is 0 Å². The van der Waals surface area contributed by atoms with Gasteiger partial charge in [0.15, 0.2) is 0 Å². The van der Waals surface area contributed by atoms with Crippen LogP contribution in [0.15, 0.2) is 36.4 Å². The van der Waals surface area contributed by atoms with Crippen LogP contribution in [0.5, 0.6) is 0 Å². The minimum atomic E-state index is 0.464. The molecule has 2 aromatic carbocycles. The second kappa shape index (κ2) is 3.84. The van der Waals surface area contributed by atoms with Crippen molar-refractivity contribution in [2.75, 3.05) is 6.54 Å². The van der Waals surface area contributed by atoms with Gasteiger partial charge in [0, 0.05) is 29.4 Å². The average Bonchev–Trinajstić information content (AvgIpc) is 2.74. The van der Waals surface area contributed by atoms with Crippen LogP contribution in [0, 0.1) is 0 Å². The summed E-state index contributed by atoms with van der Waals surface area (Å²) in [5.41, 5.74) is 5.75. The molecule has 0 spiro atoms. The van der Waals surface area contributed by atoms with Crippen LogP contribution in [0.2, 0.25) is 0 Å². The normalized spacial score (nSPS) is 18.9. The molecule has 0 radical (unpaired) electrons. The van der Waals surface area contributed by atoms with Gasteiger partial charge in [0.05, 0.1) is 5.52 Å². The molecule has 1 N–H and O–H groups in total. The quantitative estimate of drug-likeness (QED) is 0.646. The highest BCUT2D eigenvalue weighted by atomic mass is 15.0. The van der Waals surface area contributed by atoms with Crippen molar-refractivity contribution in [2.45, 2.75) is 19.4 Å². The molecule has 1 aromatic heterocycles. The van der Waals surface area contributed by atoms with Crippen LogP contribution in [0.25, 0.3) is 21.8 Å². The van der Waals surface area contributed by atoms with E-state index in [4.69, 9.17) is 0 Å². The summed E-state index contributed by atoms with van der Waals surface area (Å²) in [5, 5.41) is 6.31. The molecule has 1 aliphatic rings. The highest BCUT2D eigenvalue weighted by Crippen LogP contribution is 2.35. The number of hydrogen-bond donors (Lipinski definition) is 1. The van der Waals surface area contributed by atoms with Crippen LogP contribution in [-0.4, -0.2) is 11.1 Å². The monoisotopic (exact) mass is 250 g/mol.